The van der Waals surface area contributed by atoms with E-state index in [4.69, 9.17) is 4.74 Å². The Morgan fingerprint density at radius 3 is 2.18 bits per heavy atom. The number of carbonyl (C=O) groups excluding carboxylic acids is 2. The van der Waals surface area contributed by atoms with Crippen LogP contribution >= 0.6 is 0 Å². The summed E-state index contributed by atoms with van der Waals surface area (Å²) in [6.45, 7) is -1.89. The number of hydrogen-bond donors (Lipinski definition) is 10. The van der Waals surface area contributed by atoms with Gasteiger partial charge in [-0.15, -0.1) is 0 Å². The number of aliphatic hydroxyl groups excluding tert-OH is 6. The third-order valence-corrected chi connectivity index (χ3v) is 8.46. The number of carbonyl (C=O) groups is 2. The zero-order valence-electron chi connectivity index (χ0n) is 22.7. The number of fused-ring (bicyclic) bond motifs is 10. The van der Waals surface area contributed by atoms with Crippen LogP contribution in [0.25, 0.3) is 43.6 Å². The summed E-state index contributed by atoms with van der Waals surface area (Å²) in [6, 6.07) is 7.56. The molecule has 1 saturated heterocycles. The standard InChI is InChI=1S/C29H28N4O11/c34-7-10(8-35)31-33-27(42)20-18-14-5-11(37)2-4-15(14)30-22(18)23-19(21(20)28(33)43)13-3-1-12(38)6-16(13)32(23)29-26(41)25(40)24(39)17(9-36)44-29/h1-6,10,17,24-26,29-31,34-41H,7-9H2/t17-,24-,25+,26-,29-/m1/s1. The van der Waals surface area contributed by atoms with Crippen LogP contribution in [0.15, 0.2) is 36.4 Å². The number of phenolic OH excluding ortho intramolecular Hbond substituents is 2. The molecule has 2 aliphatic rings. The van der Waals surface area contributed by atoms with Crippen molar-refractivity contribution in [3.8, 4) is 11.5 Å². The van der Waals surface area contributed by atoms with Gasteiger partial charge < -0.3 is 55.1 Å². The van der Waals surface area contributed by atoms with Crippen molar-refractivity contribution in [2.45, 2.75) is 36.7 Å². The SMILES string of the molecule is O=C1c2c(c3c4ccc(O)cc4n([C@@H]4O[C@H](CO)[C@@H](O)[C@H](O)[C@H]4O)c3c3[nH]c4ccc(O)cc4c23)C(=O)N1NC(CO)CO. The molecular weight excluding hydrogens is 580 g/mol. The number of imide groups is 1. The summed E-state index contributed by atoms with van der Waals surface area (Å²) in [4.78, 5) is 31.3. The molecule has 0 saturated carbocycles. The van der Waals surface area contributed by atoms with Crippen LogP contribution in [0.5, 0.6) is 11.5 Å². The van der Waals surface area contributed by atoms with E-state index >= 15 is 0 Å². The minimum Gasteiger partial charge on any atom is -0.508 e. The molecule has 15 nitrogen and oxygen atoms in total. The third-order valence-electron chi connectivity index (χ3n) is 8.46. The Kier molecular flexibility index (Phi) is 6.54. The van der Waals surface area contributed by atoms with Crippen LogP contribution in [0.1, 0.15) is 26.9 Å². The molecule has 0 bridgehead atoms. The summed E-state index contributed by atoms with van der Waals surface area (Å²) in [7, 11) is 0. The molecule has 5 aromatic rings. The van der Waals surface area contributed by atoms with Crippen LogP contribution in [0.3, 0.4) is 0 Å². The van der Waals surface area contributed by atoms with Gasteiger partial charge in [-0.1, -0.05) is 0 Å². The normalized spacial score (nSPS) is 24.2. The first kappa shape index (κ1) is 28.5. The molecule has 7 rings (SSSR count). The molecular formula is C29H28N4O11. The molecule has 2 aliphatic heterocycles. The highest BCUT2D eigenvalue weighted by Gasteiger charge is 2.47. The van der Waals surface area contributed by atoms with E-state index in [0.29, 0.717) is 21.3 Å². The monoisotopic (exact) mass is 608 g/mol. The predicted octanol–water partition coefficient (Wildman–Crippen LogP) is -0.734. The number of nitrogens with one attached hydrogen (secondary N) is 2. The number of ether oxygens (including phenoxy) is 1. The van der Waals surface area contributed by atoms with Gasteiger partial charge in [0, 0.05) is 33.1 Å². The Morgan fingerprint density at radius 1 is 0.841 bits per heavy atom. The molecule has 15 heteroatoms. The summed E-state index contributed by atoms with van der Waals surface area (Å²) in [5, 5.41) is 84.2. The number of aromatic hydroxyl groups is 2. The van der Waals surface area contributed by atoms with E-state index in [2.05, 4.69) is 10.4 Å². The van der Waals surface area contributed by atoms with Gasteiger partial charge in [0.15, 0.2) is 6.23 Å². The van der Waals surface area contributed by atoms with Crippen molar-refractivity contribution in [3.63, 3.8) is 0 Å². The number of phenols is 2. The summed E-state index contributed by atoms with van der Waals surface area (Å²) >= 11 is 0. The molecule has 5 atom stereocenters. The number of aliphatic hydroxyl groups is 6. The molecule has 3 aromatic carbocycles. The molecule has 2 aromatic heterocycles. The Hall–Kier alpha value is -4.32. The maximum absolute atomic E-state index is 14.1. The average molecular weight is 609 g/mol. The van der Waals surface area contributed by atoms with Crippen molar-refractivity contribution in [2.75, 3.05) is 19.8 Å². The quantitative estimate of drug-likeness (QED) is 0.107. The Bertz CT molecular complexity index is 2000. The zero-order chi connectivity index (χ0) is 31.2. The lowest BCUT2D eigenvalue weighted by atomic mass is 9.96. The summed E-state index contributed by atoms with van der Waals surface area (Å²) < 4.78 is 7.35. The molecule has 2 amide bonds. The minimum absolute atomic E-state index is 0.0441. The van der Waals surface area contributed by atoms with E-state index in [1.54, 1.807) is 6.07 Å². The zero-order valence-corrected chi connectivity index (χ0v) is 22.7. The molecule has 0 unspecified atom stereocenters. The second-order valence-corrected chi connectivity index (χ2v) is 11.0. The number of H-pyrrole nitrogens is 1. The molecule has 0 aliphatic carbocycles. The van der Waals surface area contributed by atoms with E-state index in [9.17, 15) is 50.4 Å². The number of nitrogens with zero attached hydrogens (tertiary/aromatic N) is 2. The van der Waals surface area contributed by atoms with E-state index < -0.39 is 68.3 Å². The van der Waals surface area contributed by atoms with Crippen LogP contribution in [-0.4, -0.2) is 118 Å². The summed E-state index contributed by atoms with van der Waals surface area (Å²) in [5.74, 6) is -1.93. The average Bonchev–Trinajstić information content (AvgIpc) is 3.62. The van der Waals surface area contributed by atoms with Gasteiger partial charge in [-0.3, -0.25) is 9.59 Å². The molecule has 0 radical (unpaired) electrons. The van der Waals surface area contributed by atoms with Crippen molar-refractivity contribution < 1.29 is 55.2 Å². The van der Waals surface area contributed by atoms with E-state index in [1.807, 2.05) is 0 Å². The van der Waals surface area contributed by atoms with Crippen molar-refractivity contribution in [1.29, 1.82) is 0 Å². The maximum atomic E-state index is 14.1. The minimum atomic E-state index is -1.75. The molecule has 4 heterocycles. The molecule has 230 valence electrons. The van der Waals surface area contributed by atoms with Crippen LogP contribution < -0.4 is 5.43 Å². The summed E-state index contributed by atoms with van der Waals surface area (Å²) in [6.07, 6.45) is -7.92. The van der Waals surface area contributed by atoms with Crippen molar-refractivity contribution in [1.82, 2.24) is 20.0 Å². The number of rotatable bonds is 6. The molecule has 10 N–H and O–H groups in total. The summed E-state index contributed by atoms with van der Waals surface area (Å²) in [5.41, 5.74) is 3.62. The second-order valence-electron chi connectivity index (χ2n) is 11.0. The van der Waals surface area contributed by atoms with Crippen molar-refractivity contribution in [3.05, 3.63) is 47.5 Å². The number of hydrogen-bond acceptors (Lipinski definition) is 12. The third kappa shape index (κ3) is 3.79. The van der Waals surface area contributed by atoms with E-state index in [0.717, 1.165) is 0 Å². The lowest BCUT2D eigenvalue weighted by Gasteiger charge is -2.41. The Labute approximate surface area is 246 Å². The smallest absolute Gasteiger partial charge is 0.276 e. The van der Waals surface area contributed by atoms with Gasteiger partial charge in [-0.25, -0.2) is 10.4 Å². The van der Waals surface area contributed by atoms with E-state index in [-0.39, 0.29) is 49.9 Å². The fourth-order valence-corrected chi connectivity index (χ4v) is 6.41. The molecule has 0 spiro atoms. The first-order valence-corrected chi connectivity index (χ1v) is 13.7. The number of aromatic nitrogens is 2. The Balaban J connectivity index is 1.65. The lowest BCUT2D eigenvalue weighted by Crippen LogP contribution is -2.56. The van der Waals surface area contributed by atoms with Crippen LogP contribution in [0, 0.1) is 0 Å². The first-order valence-electron chi connectivity index (χ1n) is 13.7. The fraction of sp³-hybridized carbons (Fsp3) is 0.310. The highest BCUT2D eigenvalue weighted by molar-refractivity contribution is 6.39. The van der Waals surface area contributed by atoms with Gasteiger partial charge in [0.25, 0.3) is 11.8 Å². The highest BCUT2D eigenvalue weighted by atomic mass is 16.6. The fourth-order valence-electron chi connectivity index (χ4n) is 6.41. The van der Waals surface area contributed by atoms with E-state index in [1.165, 1.54) is 34.9 Å². The number of amides is 2. The van der Waals surface area contributed by atoms with Crippen LogP contribution in [0.2, 0.25) is 0 Å². The molecule has 1 fully saturated rings. The highest BCUT2D eigenvalue weighted by Crippen LogP contribution is 2.48. The predicted molar refractivity (Wildman–Crippen MR) is 153 cm³/mol. The largest absolute Gasteiger partial charge is 0.508 e. The number of hydrazine groups is 1. The topological polar surface area (TPSA) is 241 Å². The number of aromatic amines is 1. The van der Waals surface area contributed by atoms with Crippen molar-refractivity contribution >= 4 is 55.4 Å². The van der Waals surface area contributed by atoms with Gasteiger partial charge in [0.2, 0.25) is 0 Å². The van der Waals surface area contributed by atoms with Crippen LogP contribution in [-0.2, 0) is 4.74 Å². The first-order chi connectivity index (χ1) is 21.1. The maximum Gasteiger partial charge on any atom is 0.276 e. The van der Waals surface area contributed by atoms with Gasteiger partial charge >= 0.3 is 0 Å². The molecule has 44 heavy (non-hydrogen) atoms. The van der Waals surface area contributed by atoms with Gasteiger partial charge in [0.05, 0.1) is 53.5 Å². The van der Waals surface area contributed by atoms with Gasteiger partial charge in [-0.2, -0.15) is 0 Å². The van der Waals surface area contributed by atoms with Gasteiger partial charge in [-0.05, 0) is 30.3 Å². The Morgan fingerprint density at radius 2 is 1.50 bits per heavy atom. The van der Waals surface area contributed by atoms with Gasteiger partial charge in [0.1, 0.15) is 35.9 Å². The lowest BCUT2D eigenvalue weighted by molar-refractivity contribution is -0.249. The van der Waals surface area contributed by atoms with Crippen molar-refractivity contribution in [2.24, 2.45) is 0 Å². The van der Waals surface area contributed by atoms with Crippen LogP contribution in [0.4, 0.5) is 0 Å². The number of benzene rings is 3. The second kappa shape index (κ2) is 10.1.